The highest BCUT2D eigenvalue weighted by molar-refractivity contribution is 5.14. The molecule has 5 heteroatoms. The molecule has 0 aromatic carbocycles. The Morgan fingerprint density at radius 1 is 1.50 bits per heavy atom. The van der Waals surface area contributed by atoms with E-state index in [1.54, 1.807) is 7.11 Å². The largest absolute Gasteiger partial charge is 0.383 e. The van der Waals surface area contributed by atoms with Gasteiger partial charge in [-0.3, -0.25) is 9.58 Å². The normalized spacial score (nSPS) is 20.1. The molecule has 1 aromatic heterocycles. The molecule has 2 N–H and O–H groups in total. The number of ether oxygens (including phenoxy) is 1. The van der Waals surface area contributed by atoms with Crippen molar-refractivity contribution in [1.29, 1.82) is 0 Å². The van der Waals surface area contributed by atoms with Crippen LogP contribution in [0.5, 0.6) is 0 Å². The molecule has 0 bridgehead atoms. The first-order valence-electron chi connectivity index (χ1n) is 7.53. The molecule has 2 rings (SSSR count). The van der Waals surface area contributed by atoms with Crippen molar-refractivity contribution in [3.63, 3.8) is 0 Å². The van der Waals surface area contributed by atoms with Crippen LogP contribution in [0.4, 0.5) is 0 Å². The molecular formula is C15H28N4O. The van der Waals surface area contributed by atoms with Crippen LogP contribution in [-0.2, 0) is 11.8 Å². The van der Waals surface area contributed by atoms with Gasteiger partial charge in [0.25, 0.3) is 0 Å². The third kappa shape index (κ3) is 3.59. The van der Waals surface area contributed by atoms with Crippen LogP contribution >= 0.6 is 0 Å². The Morgan fingerprint density at radius 3 is 2.65 bits per heavy atom. The Morgan fingerprint density at radius 2 is 2.20 bits per heavy atom. The van der Waals surface area contributed by atoms with Gasteiger partial charge in [-0.15, -0.1) is 0 Å². The molecule has 0 radical (unpaired) electrons. The fourth-order valence-corrected chi connectivity index (χ4v) is 3.03. The molecule has 0 saturated heterocycles. The summed E-state index contributed by atoms with van der Waals surface area (Å²) >= 11 is 0. The number of hydrogen-bond donors (Lipinski definition) is 1. The van der Waals surface area contributed by atoms with E-state index in [-0.39, 0.29) is 12.1 Å². The van der Waals surface area contributed by atoms with Gasteiger partial charge in [-0.25, -0.2) is 0 Å². The molecule has 1 fully saturated rings. The Labute approximate surface area is 122 Å². The topological polar surface area (TPSA) is 56.3 Å². The van der Waals surface area contributed by atoms with Crippen molar-refractivity contribution in [3.8, 4) is 0 Å². The minimum atomic E-state index is 0.0669. The summed E-state index contributed by atoms with van der Waals surface area (Å²) in [6.07, 6.45) is 6.69. The fraction of sp³-hybridized carbons (Fsp3) is 0.800. The highest BCUT2D eigenvalue weighted by atomic mass is 16.5. The molecule has 0 spiro atoms. The zero-order valence-corrected chi connectivity index (χ0v) is 13.1. The summed E-state index contributed by atoms with van der Waals surface area (Å²) in [4.78, 5) is 2.50. The van der Waals surface area contributed by atoms with Crippen molar-refractivity contribution in [2.24, 2.45) is 18.7 Å². The van der Waals surface area contributed by atoms with Gasteiger partial charge in [0, 0.05) is 44.5 Å². The fourth-order valence-electron chi connectivity index (χ4n) is 3.03. The summed E-state index contributed by atoms with van der Waals surface area (Å²) in [6.45, 7) is 6.05. The second kappa shape index (κ2) is 6.70. The molecule has 1 aromatic rings. The standard InChI is InChI=1S/C15H28N4O/c1-11(16)15(14-9-17-18(3)10-14)19(7-8-20-4)12(2)13-5-6-13/h9-13,15H,5-8,16H2,1-4H3. The van der Waals surface area contributed by atoms with E-state index >= 15 is 0 Å². The number of nitrogens with two attached hydrogens (primary N) is 1. The van der Waals surface area contributed by atoms with E-state index in [1.807, 2.05) is 17.9 Å². The lowest BCUT2D eigenvalue weighted by Crippen LogP contribution is -2.46. The van der Waals surface area contributed by atoms with Crippen LogP contribution in [0, 0.1) is 5.92 Å². The van der Waals surface area contributed by atoms with Crippen LogP contribution in [-0.4, -0.2) is 47.0 Å². The van der Waals surface area contributed by atoms with E-state index < -0.39 is 0 Å². The average molecular weight is 280 g/mol. The van der Waals surface area contributed by atoms with Crippen LogP contribution in [0.15, 0.2) is 12.4 Å². The van der Waals surface area contributed by atoms with Gasteiger partial charge in [-0.2, -0.15) is 5.10 Å². The maximum absolute atomic E-state index is 6.29. The van der Waals surface area contributed by atoms with Gasteiger partial charge in [0.05, 0.1) is 18.8 Å². The molecule has 1 aliphatic carbocycles. The van der Waals surface area contributed by atoms with Crippen molar-refractivity contribution >= 4 is 0 Å². The van der Waals surface area contributed by atoms with E-state index in [9.17, 15) is 0 Å². The Bertz CT molecular complexity index is 414. The van der Waals surface area contributed by atoms with Gasteiger partial charge < -0.3 is 10.5 Å². The quantitative estimate of drug-likeness (QED) is 0.785. The van der Waals surface area contributed by atoms with Crippen LogP contribution in [0.3, 0.4) is 0 Å². The number of aromatic nitrogens is 2. The number of aryl methyl sites for hydroxylation is 1. The maximum atomic E-state index is 6.29. The lowest BCUT2D eigenvalue weighted by atomic mass is 9.99. The van der Waals surface area contributed by atoms with Crippen molar-refractivity contribution in [1.82, 2.24) is 14.7 Å². The molecule has 1 saturated carbocycles. The first kappa shape index (κ1) is 15.5. The molecule has 20 heavy (non-hydrogen) atoms. The van der Waals surface area contributed by atoms with Gasteiger partial charge in [-0.05, 0) is 32.6 Å². The third-order valence-corrected chi connectivity index (χ3v) is 4.30. The highest BCUT2D eigenvalue weighted by Crippen LogP contribution is 2.38. The summed E-state index contributed by atoms with van der Waals surface area (Å²) in [5.74, 6) is 0.810. The minimum Gasteiger partial charge on any atom is -0.383 e. The van der Waals surface area contributed by atoms with E-state index in [1.165, 1.54) is 18.4 Å². The van der Waals surface area contributed by atoms with Gasteiger partial charge in [0.1, 0.15) is 0 Å². The van der Waals surface area contributed by atoms with Crippen LogP contribution < -0.4 is 5.73 Å². The summed E-state index contributed by atoms with van der Waals surface area (Å²) in [5, 5.41) is 4.31. The van der Waals surface area contributed by atoms with Crippen molar-refractivity contribution < 1.29 is 4.74 Å². The van der Waals surface area contributed by atoms with Crippen molar-refractivity contribution in [2.45, 2.75) is 44.8 Å². The first-order chi connectivity index (χ1) is 9.54. The maximum Gasteiger partial charge on any atom is 0.0590 e. The molecule has 114 valence electrons. The first-order valence-corrected chi connectivity index (χ1v) is 7.53. The molecule has 0 aliphatic heterocycles. The van der Waals surface area contributed by atoms with Crippen LogP contribution in [0.2, 0.25) is 0 Å². The summed E-state index contributed by atoms with van der Waals surface area (Å²) in [5.41, 5.74) is 7.49. The lowest BCUT2D eigenvalue weighted by Gasteiger charge is -2.38. The molecular weight excluding hydrogens is 252 g/mol. The zero-order valence-electron chi connectivity index (χ0n) is 13.1. The monoisotopic (exact) mass is 280 g/mol. The van der Waals surface area contributed by atoms with Gasteiger partial charge >= 0.3 is 0 Å². The Balaban J connectivity index is 2.20. The zero-order chi connectivity index (χ0) is 14.7. The van der Waals surface area contributed by atoms with E-state index in [0.29, 0.717) is 6.04 Å². The molecule has 3 unspecified atom stereocenters. The predicted octanol–water partition coefficient (Wildman–Crippen LogP) is 1.56. The van der Waals surface area contributed by atoms with Crippen LogP contribution in [0.1, 0.15) is 38.3 Å². The Hall–Kier alpha value is -0.910. The van der Waals surface area contributed by atoms with Crippen molar-refractivity contribution in [2.75, 3.05) is 20.3 Å². The lowest BCUT2D eigenvalue weighted by molar-refractivity contribution is 0.0719. The summed E-state index contributed by atoms with van der Waals surface area (Å²) in [7, 11) is 3.70. The number of hydrogen-bond acceptors (Lipinski definition) is 4. The smallest absolute Gasteiger partial charge is 0.0590 e. The molecule has 1 aliphatic rings. The molecule has 5 nitrogen and oxygen atoms in total. The molecule has 3 atom stereocenters. The molecule has 0 amide bonds. The van der Waals surface area contributed by atoms with Crippen LogP contribution in [0.25, 0.3) is 0 Å². The van der Waals surface area contributed by atoms with Gasteiger partial charge in [0.15, 0.2) is 0 Å². The summed E-state index contributed by atoms with van der Waals surface area (Å²) in [6, 6.07) is 0.813. The molecule has 1 heterocycles. The third-order valence-electron chi connectivity index (χ3n) is 4.30. The minimum absolute atomic E-state index is 0.0669. The van der Waals surface area contributed by atoms with E-state index in [4.69, 9.17) is 10.5 Å². The SMILES string of the molecule is COCCN(C(C)C1CC1)C(c1cnn(C)c1)C(C)N. The van der Waals surface area contributed by atoms with Crippen molar-refractivity contribution in [3.05, 3.63) is 18.0 Å². The predicted molar refractivity (Wildman–Crippen MR) is 80.4 cm³/mol. The van der Waals surface area contributed by atoms with E-state index in [2.05, 4.69) is 30.0 Å². The summed E-state index contributed by atoms with van der Waals surface area (Å²) < 4.78 is 7.14. The van der Waals surface area contributed by atoms with E-state index in [0.717, 1.165) is 19.1 Å². The second-order valence-corrected chi connectivity index (χ2v) is 6.06. The Kier molecular flexibility index (Phi) is 5.18. The second-order valence-electron chi connectivity index (χ2n) is 6.06. The van der Waals surface area contributed by atoms with Gasteiger partial charge in [-0.1, -0.05) is 0 Å². The highest BCUT2D eigenvalue weighted by Gasteiger charge is 2.37. The number of rotatable bonds is 8. The average Bonchev–Trinajstić information content (AvgIpc) is 3.16. The number of methoxy groups -OCH3 is 1. The van der Waals surface area contributed by atoms with Gasteiger partial charge in [0.2, 0.25) is 0 Å². The number of nitrogens with zero attached hydrogens (tertiary/aromatic N) is 3.